The van der Waals surface area contributed by atoms with Crippen molar-refractivity contribution in [3.05, 3.63) is 35.6 Å². The van der Waals surface area contributed by atoms with Crippen molar-refractivity contribution in [2.75, 3.05) is 0 Å². The van der Waals surface area contributed by atoms with Crippen LogP contribution in [0.15, 0.2) is 28.7 Å². The first-order valence-corrected chi connectivity index (χ1v) is 6.44. The molecule has 2 nitrogen and oxygen atoms in total. The van der Waals surface area contributed by atoms with Gasteiger partial charge in [0.15, 0.2) is 0 Å². The van der Waals surface area contributed by atoms with Gasteiger partial charge in [-0.3, -0.25) is 0 Å². The van der Waals surface area contributed by atoms with E-state index in [9.17, 15) is 0 Å². The van der Waals surface area contributed by atoms with Crippen LogP contribution in [0, 0.1) is 6.92 Å². The van der Waals surface area contributed by atoms with Crippen LogP contribution in [0.5, 0.6) is 0 Å². The average Bonchev–Trinajstić information content (AvgIpc) is 2.71. The van der Waals surface area contributed by atoms with Crippen molar-refractivity contribution >= 4 is 11.0 Å². The fourth-order valence-electron chi connectivity index (χ4n) is 2.23. The normalized spacial score (nSPS) is 13.1. The van der Waals surface area contributed by atoms with Crippen LogP contribution in [0.4, 0.5) is 0 Å². The number of para-hydroxylation sites is 1. The second-order valence-electron chi connectivity index (χ2n) is 4.79. The summed E-state index contributed by atoms with van der Waals surface area (Å²) in [7, 11) is 0. The highest BCUT2D eigenvalue weighted by molar-refractivity contribution is 5.80. The van der Waals surface area contributed by atoms with E-state index < -0.39 is 0 Å². The Balaban J connectivity index is 2.07. The summed E-state index contributed by atoms with van der Waals surface area (Å²) in [5.41, 5.74) is 8.24. The van der Waals surface area contributed by atoms with Crippen molar-refractivity contribution in [3.63, 3.8) is 0 Å². The van der Waals surface area contributed by atoms with Crippen LogP contribution >= 0.6 is 0 Å². The number of nitrogens with two attached hydrogens (primary N) is 1. The van der Waals surface area contributed by atoms with Crippen LogP contribution in [-0.2, 0) is 6.42 Å². The Morgan fingerprint density at radius 3 is 2.82 bits per heavy atom. The number of benzene rings is 1. The lowest BCUT2D eigenvalue weighted by atomic mass is 10.1. The van der Waals surface area contributed by atoms with E-state index in [0.717, 1.165) is 37.0 Å². The molecule has 2 N–H and O–H groups in total. The zero-order chi connectivity index (χ0) is 12.3. The standard InChI is InChI=1S/C15H21NO/c1-3-5-13(16)8-9-14-10-12-7-4-6-11(2)15(12)17-14/h4,6-7,10,13H,3,5,8-9,16H2,1-2H3. The molecule has 0 saturated carbocycles. The Bertz CT molecular complexity index is 487. The number of aryl methyl sites for hydroxylation is 2. The molecule has 0 amide bonds. The summed E-state index contributed by atoms with van der Waals surface area (Å²) < 4.78 is 5.87. The molecule has 0 fully saturated rings. The third kappa shape index (κ3) is 2.89. The highest BCUT2D eigenvalue weighted by Crippen LogP contribution is 2.23. The molecule has 17 heavy (non-hydrogen) atoms. The van der Waals surface area contributed by atoms with Crippen LogP contribution in [0.2, 0.25) is 0 Å². The van der Waals surface area contributed by atoms with E-state index >= 15 is 0 Å². The van der Waals surface area contributed by atoms with Gasteiger partial charge in [0.1, 0.15) is 11.3 Å². The summed E-state index contributed by atoms with van der Waals surface area (Å²) in [5.74, 6) is 1.06. The van der Waals surface area contributed by atoms with Crippen molar-refractivity contribution in [2.45, 2.75) is 45.6 Å². The predicted molar refractivity (Wildman–Crippen MR) is 72.2 cm³/mol. The van der Waals surface area contributed by atoms with Crippen LogP contribution < -0.4 is 5.73 Å². The quantitative estimate of drug-likeness (QED) is 0.850. The molecular weight excluding hydrogens is 210 g/mol. The molecule has 0 aliphatic carbocycles. The second-order valence-corrected chi connectivity index (χ2v) is 4.79. The minimum atomic E-state index is 0.300. The van der Waals surface area contributed by atoms with Gasteiger partial charge in [-0.2, -0.15) is 0 Å². The third-order valence-corrected chi connectivity index (χ3v) is 3.21. The van der Waals surface area contributed by atoms with E-state index in [-0.39, 0.29) is 0 Å². The second kappa shape index (κ2) is 5.37. The molecular formula is C15H21NO. The van der Waals surface area contributed by atoms with Gasteiger partial charge in [0, 0.05) is 17.8 Å². The highest BCUT2D eigenvalue weighted by Gasteiger charge is 2.07. The SMILES string of the molecule is CCCC(N)CCc1cc2cccc(C)c2o1. The molecule has 92 valence electrons. The third-order valence-electron chi connectivity index (χ3n) is 3.21. The van der Waals surface area contributed by atoms with Gasteiger partial charge >= 0.3 is 0 Å². The fraction of sp³-hybridized carbons (Fsp3) is 0.467. The van der Waals surface area contributed by atoms with Crippen LogP contribution in [0.25, 0.3) is 11.0 Å². The summed E-state index contributed by atoms with van der Waals surface area (Å²) in [6, 6.07) is 8.69. The summed E-state index contributed by atoms with van der Waals surface area (Å²) >= 11 is 0. The lowest BCUT2D eigenvalue weighted by Crippen LogP contribution is -2.19. The molecule has 1 aromatic heterocycles. The van der Waals surface area contributed by atoms with E-state index in [1.807, 2.05) is 0 Å². The van der Waals surface area contributed by atoms with E-state index in [2.05, 4.69) is 38.1 Å². The van der Waals surface area contributed by atoms with Crippen molar-refractivity contribution in [2.24, 2.45) is 5.73 Å². The van der Waals surface area contributed by atoms with E-state index in [4.69, 9.17) is 10.2 Å². The van der Waals surface area contributed by atoms with Crippen molar-refractivity contribution < 1.29 is 4.42 Å². The first-order chi connectivity index (χ1) is 8.20. The van der Waals surface area contributed by atoms with Gasteiger partial charge in [-0.15, -0.1) is 0 Å². The van der Waals surface area contributed by atoms with E-state index in [1.54, 1.807) is 0 Å². The first kappa shape index (κ1) is 12.2. The van der Waals surface area contributed by atoms with Crippen LogP contribution in [0.1, 0.15) is 37.5 Å². The zero-order valence-electron chi connectivity index (χ0n) is 10.7. The largest absolute Gasteiger partial charge is 0.461 e. The Labute approximate surface area is 103 Å². The highest BCUT2D eigenvalue weighted by atomic mass is 16.3. The summed E-state index contributed by atoms with van der Waals surface area (Å²) in [5, 5.41) is 1.20. The Kier molecular flexibility index (Phi) is 3.85. The predicted octanol–water partition coefficient (Wildman–Crippen LogP) is 3.80. The number of hydrogen-bond donors (Lipinski definition) is 1. The lowest BCUT2D eigenvalue weighted by molar-refractivity contribution is 0.496. The molecule has 2 aromatic rings. The maximum atomic E-state index is 6.01. The molecule has 1 atom stereocenters. The van der Waals surface area contributed by atoms with Gasteiger partial charge in [0.05, 0.1) is 0 Å². The van der Waals surface area contributed by atoms with Gasteiger partial charge in [0.2, 0.25) is 0 Å². The summed E-state index contributed by atoms with van der Waals surface area (Å²) in [6.45, 7) is 4.25. The van der Waals surface area contributed by atoms with Gasteiger partial charge in [-0.25, -0.2) is 0 Å². The molecule has 0 radical (unpaired) electrons. The Morgan fingerprint density at radius 2 is 2.12 bits per heavy atom. The molecule has 1 aromatic carbocycles. The monoisotopic (exact) mass is 231 g/mol. The van der Waals surface area contributed by atoms with Crippen LogP contribution in [0.3, 0.4) is 0 Å². The van der Waals surface area contributed by atoms with Crippen LogP contribution in [-0.4, -0.2) is 6.04 Å². The number of furan rings is 1. The smallest absolute Gasteiger partial charge is 0.137 e. The average molecular weight is 231 g/mol. The molecule has 2 rings (SSSR count). The molecule has 0 saturated heterocycles. The lowest BCUT2D eigenvalue weighted by Gasteiger charge is -2.07. The van der Waals surface area contributed by atoms with E-state index in [1.165, 1.54) is 10.9 Å². The zero-order valence-corrected chi connectivity index (χ0v) is 10.7. The van der Waals surface area contributed by atoms with Gasteiger partial charge in [-0.05, 0) is 31.4 Å². The molecule has 1 unspecified atom stereocenters. The topological polar surface area (TPSA) is 39.2 Å². The van der Waals surface area contributed by atoms with Crippen molar-refractivity contribution in [3.8, 4) is 0 Å². The maximum absolute atomic E-state index is 6.01. The van der Waals surface area contributed by atoms with Gasteiger partial charge < -0.3 is 10.2 Å². The fourth-order valence-corrected chi connectivity index (χ4v) is 2.23. The maximum Gasteiger partial charge on any atom is 0.137 e. The Hall–Kier alpha value is -1.28. The number of fused-ring (bicyclic) bond motifs is 1. The van der Waals surface area contributed by atoms with Crippen molar-refractivity contribution in [1.29, 1.82) is 0 Å². The molecule has 0 spiro atoms. The minimum absolute atomic E-state index is 0.300. The molecule has 1 heterocycles. The Morgan fingerprint density at radius 1 is 1.29 bits per heavy atom. The summed E-state index contributed by atoms with van der Waals surface area (Å²) in [4.78, 5) is 0. The summed E-state index contributed by atoms with van der Waals surface area (Å²) in [6.07, 6.45) is 4.20. The number of hydrogen-bond acceptors (Lipinski definition) is 2. The molecule has 0 bridgehead atoms. The first-order valence-electron chi connectivity index (χ1n) is 6.44. The minimum Gasteiger partial charge on any atom is -0.461 e. The molecule has 2 heteroatoms. The molecule has 0 aliphatic heterocycles. The van der Waals surface area contributed by atoms with Gasteiger partial charge in [0.25, 0.3) is 0 Å². The number of rotatable bonds is 5. The van der Waals surface area contributed by atoms with Crippen molar-refractivity contribution in [1.82, 2.24) is 0 Å². The van der Waals surface area contributed by atoms with E-state index in [0.29, 0.717) is 6.04 Å². The van der Waals surface area contributed by atoms with Gasteiger partial charge in [-0.1, -0.05) is 31.5 Å². The molecule has 0 aliphatic rings.